The average molecular weight is 333 g/mol. The molecule has 0 saturated carbocycles. The van der Waals surface area contributed by atoms with Crippen LogP contribution in [0.15, 0.2) is 42.7 Å². The van der Waals surface area contributed by atoms with Crippen LogP contribution in [0.1, 0.15) is 5.56 Å². The van der Waals surface area contributed by atoms with E-state index in [0.29, 0.717) is 23.4 Å². The number of carbonyl (C=O) groups is 1. The van der Waals surface area contributed by atoms with Crippen molar-refractivity contribution in [2.75, 3.05) is 5.32 Å². The number of tetrazole rings is 1. The number of anilines is 1. The Balaban J connectivity index is 1.68. The summed E-state index contributed by atoms with van der Waals surface area (Å²) in [6, 6.07) is 7.75. The lowest BCUT2D eigenvalue weighted by Gasteiger charge is -2.08. The Morgan fingerprint density at radius 3 is 2.42 bits per heavy atom. The van der Waals surface area contributed by atoms with Gasteiger partial charge in [-0.15, -0.1) is 5.10 Å². The summed E-state index contributed by atoms with van der Waals surface area (Å²) < 4.78 is 40.9. The van der Waals surface area contributed by atoms with Crippen LogP contribution in [0.4, 0.5) is 18.9 Å². The molecule has 0 bridgehead atoms. The monoisotopic (exact) mass is 333 g/mol. The molecule has 0 aliphatic carbocycles. The SMILES string of the molecule is O=C(Cc1ccc(-n2cnnn2)cc1)Nc1cc(F)c(F)cc1F. The number of benzene rings is 2. The fourth-order valence-corrected chi connectivity index (χ4v) is 2.04. The second-order valence-corrected chi connectivity index (χ2v) is 4.89. The highest BCUT2D eigenvalue weighted by Gasteiger charge is 2.12. The van der Waals surface area contributed by atoms with Crippen LogP contribution in [0.5, 0.6) is 0 Å². The summed E-state index contributed by atoms with van der Waals surface area (Å²) >= 11 is 0. The predicted octanol–water partition coefficient (Wildman–Crippen LogP) is 2.26. The second kappa shape index (κ2) is 6.49. The van der Waals surface area contributed by atoms with Gasteiger partial charge in [-0.25, -0.2) is 17.9 Å². The quantitative estimate of drug-likeness (QED) is 0.744. The summed E-state index contributed by atoms with van der Waals surface area (Å²) in [4.78, 5) is 11.9. The van der Waals surface area contributed by atoms with Crippen LogP contribution in [-0.2, 0) is 11.2 Å². The van der Waals surface area contributed by atoms with Crippen molar-refractivity contribution in [3.05, 3.63) is 65.7 Å². The van der Waals surface area contributed by atoms with Crippen molar-refractivity contribution in [2.45, 2.75) is 6.42 Å². The van der Waals surface area contributed by atoms with Crippen LogP contribution < -0.4 is 5.32 Å². The lowest BCUT2D eigenvalue weighted by Crippen LogP contribution is -2.15. The maximum Gasteiger partial charge on any atom is 0.228 e. The molecule has 0 aliphatic heterocycles. The fourth-order valence-electron chi connectivity index (χ4n) is 2.04. The zero-order chi connectivity index (χ0) is 17.1. The zero-order valence-electron chi connectivity index (χ0n) is 12.1. The molecule has 122 valence electrons. The number of hydrogen-bond donors (Lipinski definition) is 1. The van der Waals surface area contributed by atoms with Crippen molar-refractivity contribution in [3.63, 3.8) is 0 Å². The van der Waals surface area contributed by atoms with E-state index >= 15 is 0 Å². The van der Waals surface area contributed by atoms with Crippen LogP contribution >= 0.6 is 0 Å². The van der Waals surface area contributed by atoms with Gasteiger partial charge in [0.1, 0.15) is 12.1 Å². The van der Waals surface area contributed by atoms with Crippen molar-refractivity contribution in [2.24, 2.45) is 0 Å². The molecule has 3 aromatic rings. The molecule has 6 nitrogen and oxygen atoms in total. The molecule has 0 unspecified atom stereocenters. The van der Waals surface area contributed by atoms with Crippen LogP contribution in [0, 0.1) is 17.5 Å². The summed E-state index contributed by atoms with van der Waals surface area (Å²) in [5.74, 6) is -4.16. The number of aromatic nitrogens is 4. The van der Waals surface area contributed by atoms with E-state index in [-0.39, 0.29) is 6.42 Å². The van der Waals surface area contributed by atoms with Gasteiger partial charge in [0, 0.05) is 12.1 Å². The Bertz CT molecular complexity index is 866. The molecule has 0 fully saturated rings. The first-order valence-corrected chi connectivity index (χ1v) is 6.79. The molecular formula is C15H10F3N5O. The Morgan fingerprint density at radius 2 is 1.75 bits per heavy atom. The fraction of sp³-hybridized carbons (Fsp3) is 0.0667. The molecular weight excluding hydrogens is 323 g/mol. The Morgan fingerprint density at radius 1 is 1.04 bits per heavy atom. The van der Waals surface area contributed by atoms with E-state index in [1.54, 1.807) is 24.3 Å². The third-order valence-corrected chi connectivity index (χ3v) is 3.20. The zero-order valence-corrected chi connectivity index (χ0v) is 12.1. The summed E-state index contributed by atoms with van der Waals surface area (Å²) in [7, 11) is 0. The van der Waals surface area contributed by atoms with E-state index in [1.165, 1.54) is 11.0 Å². The third kappa shape index (κ3) is 3.40. The van der Waals surface area contributed by atoms with E-state index in [4.69, 9.17) is 0 Å². The van der Waals surface area contributed by atoms with Crippen LogP contribution in [0.25, 0.3) is 5.69 Å². The maximum absolute atomic E-state index is 13.5. The summed E-state index contributed by atoms with van der Waals surface area (Å²) in [5.41, 5.74) is 0.937. The molecule has 9 heteroatoms. The lowest BCUT2D eigenvalue weighted by atomic mass is 10.1. The van der Waals surface area contributed by atoms with E-state index in [0.717, 1.165) is 0 Å². The summed E-state index contributed by atoms with van der Waals surface area (Å²) in [5, 5.41) is 13.0. The number of carbonyl (C=O) groups excluding carboxylic acids is 1. The van der Waals surface area contributed by atoms with E-state index in [9.17, 15) is 18.0 Å². The van der Waals surface area contributed by atoms with Crippen molar-refractivity contribution in [1.82, 2.24) is 20.2 Å². The molecule has 0 spiro atoms. The first-order valence-electron chi connectivity index (χ1n) is 6.79. The Hall–Kier alpha value is -3.23. The highest BCUT2D eigenvalue weighted by molar-refractivity contribution is 5.92. The molecule has 1 amide bonds. The van der Waals surface area contributed by atoms with Crippen molar-refractivity contribution >= 4 is 11.6 Å². The minimum Gasteiger partial charge on any atom is -0.323 e. The molecule has 2 aromatic carbocycles. The first-order chi connectivity index (χ1) is 11.5. The predicted molar refractivity (Wildman–Crippen MR) is 77.8 cm³/mol. The van der Waals surface area contributed by atoms with Crippen LogP contribution in [0.2, 0.25) is 0 Å². The smallest absolute Gasteiger partial charge is 0.228 e. The minimum absolute atomic E-state index is 0.0612. The Labute approximate surface area is 133 Å². The van der Waals surface area contributed by atoms with Crippen molar-refractivity contribution < 1.29 is 18.0 Å². The van der Waals surface area contributed by atoms with Gasteiger partial charge in [0.05, 0.1) is 17.8 Å². The van der Waals surface area contributed by atoms with Gasteiger partial charge >= 0.3 is 0 Å². The minimum atomic E-state index is -1.32. The molecule has 0 radical (unpaired) electrons. The Kier molecular flexibility index (Phi) is 4.23. The number of amides is 1. The highest BCUT2D eigenvalue weighted by atomic mass is 19.2. The first kappa shape index (κ1) is 15.7. The van der Waals surface area contributed by atoms with Crippen LogP contribution in [-0.4, -0.2) is 26.1 Å². The van der Waals surface area contributed by atoms with Gasteiger partial charge in [0.2, 0.25) is 5.91 Å². The van der Waals surface area contributed by atoms with Gasteiger partial charge in [-0.3, -0.25) is 4.79 Å². The second-order valence-electron chi connectivity index (χ2n) is 4.89. The highest BCUT2D eigenvalue weighted by Crippen LogP contribution is 2.19. The standard InChI is InChI=1S/C15H10F3N5O/c16-11-6-13(18)14(7-12(11)17)20-15(24)5-9-1-3-10(4-2-9)23-8-19-21-22-23/h1-4,6-8H,5H2,(H,20,24). The van der Waals surface area contributed by atoms with Gasteiger partial charge in [-0.2, -0.15) is 0 Å². The molecule has 3 rings (SSSR count). The van der Waals surface area contributed by atoms with Gasteiger partial charge in [0.25, 0.3) is 0 Å². The van der Waals surface area contributed by atoms with Crippen molar-refractivity contribution in [3.8, 4) is 5.69 Å². The van der Waals surface area contributed by atoms with E-state index in [1.807, 2.05) is 0 Å². The lowest BCUT2D eigenvalue weighted by molar-refractivity contribution is -0.115. The third-order valence-electron chi connectivity index (χ3n) is 3.20. The van der Waals surface area contributed by atoms with Crippen molar-refractivity contribution in [1.29, 1.82) is 0 Å². The van der Waals surface area contributed by atoms with Crippen LogP contribution in [0.3, 0.4) is 0 Å². The van der Waals surface area contributed by atoms with Gasteiger partial charge < -0.3 is 5.32 Å². The van der Waals surface area contributed by atoms with E-state index < -0.39 is 29.0 Å². The number of halogens is 3. The number of nitrogens with one attached hydrogen (secondary N) is 1. The number of hydrogen-bond acceptors (Lipinski definition) is 4. The maximum atomic E-state index is 13.5. The molecule has 1 heterocycles. The normalized spacial score (nSPS) is 10.6. The molecule has 0 atom stereocenters. The molecule has 0 aliphatic rings. The number of nitrogens with zero attached hydrogens (tertiary/aromatic N) is 4. The van der Waals surface area contributed by atoms with Gasteiger partial charge in [-0.1, -0.05) is 12.1 Å². The number of rotatable bonds is 4. The van der Waals surface area contributed by atoms with E-state index in [2.05, 4.69) is 20.8 Å². The molecule has 1 N–H and O–H groups in total. The average Bonchev–Trinajstić information content (AvgIpc) is 3.08. The molecule has 1 aromatic heterocycles. The molecule has 0 saturated heterocycles. The van der Waals surface area contributed by atoms with Gasteiger partial charge in [-0.05, 0) is 28.1 Å². The topological polar surface area (TPSA) is 72.7 Å². The molecule has 24 heavy (non-hydrogen) atoms. The summed E-state index contributed by atoms with van der Waals surface area (Å²) in [6.07, 6.45) is 1.36. The van der Waals surface area contributed by atoms with Gasteiger partial charge in [0.15, 0.2) is 11.6 Å². The summed E-state index contributed by atoms with van der Waals surface area (Å²) in [6.45, 7) is 0. The largest absolute Gasteiger partial charge is 0.323 e.